The van der Waals surface area contributed by atoms with Crippen LogP contribution in [0.15, 0.2) is 0 Å². The van der Waals surface area contributed by atoms with E-state index in [9.17, 15) is 14.9 Å². The number of carbonyl (C=O) groups is 1. The minimum atomic E-state index is -0.660. The Bertz CT molecular complexity index is 845. The largest absolute Gasteiger partial charge is 0.354 e. The molecule has 26 heavy (non-hydrogen) atoms. The molecule has 0 radical (unpaired) electrons. The molecule has 0 saturated heterocycles. The van der Waals surface area contributed by atoms with Crippen LogP contribution in [0.4, 0.5) is 5.69 Å². The summed E-state index contributed by atoms with van der Waals surface area (Å²) in [5.74, 6) is -0.272. The fourth-order valence-corrected chi connectivity index (χ4v) is 3.07. The highest BCUT2D eigenvalue weighted by Gasteiger charge is 2.26. The van der Waals surface area contributed by atoms with E-state index in [2.05, 4.69) is 15.5 Å². The first-order valence-corrected chi connectivity index (χ1v) is 8.77. The Balaban J connectivity index is 1.93. The van der Waals surface area contributed by atoms with E-state index in [4.69, 9.17) is 23.2 Å². The maximum absolute atomic E-state index is 12.3. The van der Waals surface area contributed by atoms with E-state index >= 15 is 0 Å². The lowest BCUT2D eigenvalue weighted by atomic mass is 10.2. The molecule has 1 N–H and O–H groups in total. The second kappa shape index (κ2) is 8.05. The van der Waals surface area contributed by atoms with Gasteiger partial charge in [-0.05, 0) is 34.1 Å². The van der Waals surface area contributed by atoms with Crippen LogP contribution in [0.3, 0.4) is 0 Å². The zero-order chi connectivity index (χ0) is 19.6. The maximum Gasteiger partial charge on any atom is 0.312 e. The van der Waals surface area contributed by atoms with Gasteiger partial charge in [0.25, 0.3) is 0 Å². The number of carbonyl (C=O) groups excluding carboxylic acids is 1. The standard InChI is InChI=1S/C15H20Cl2N6O3/c1-8-12(16)14(17)21(19-8)7-5-6-18-15(24)11(4)22-10(3)13(23(25)26)9(2)20-22/h11H,5-7H2,1-4H3,(H,18,24). The Morgan fingerprint density at radius 3 is 2.42 bits per heavy atom. The molecule has 0 spiro atoms. The van der Waals surface area contributed by atoms with E-state index in [-0.39, 0.29) is 17.3 Å². The molecular formula is C15H20Cl2N6O3. The fourth-order valence-electron chi connectivity index (χ4n) is 2.67. The molecule has 2 aromatic rings. The van der Waals surface area contributed by atoms with Crippen LogP contribution >= 0.6 is 23.2 Å². The van der Waals surface area contributed by atoms with E-state index in [0.29, 0.717) is 41.1 Å². The molecule has 2 aromatic heterocycles. The summed E-state index contributed by atoms with van der Waals surface area (Å²) in [6.07, 6.45) is 0.604. The van der Waals surface area contributed by atoms with Gasteiger partial charge in [-0.15, -0.1) is 0 Å². The number of aryl methyl sites for hydroxylation is 3. The van der Waals surface area contributed by atoms with Gasteiger partial charge in [0.15, 0.2) is 0 Å². The van der Waals surface area contributed by atoms with E-state index in [1.165, 1.54) is 4.68 Å². The quantitative estimate of drug-likeness (QED) is 0.434. The zero-order valence-corrected chi connectivity index (χ0v) is 16.4. The first-order chi connectivity index (χ1) is 12.1. The molecule has 11 heteroatoms. The summed E-state index contributed by atoms with van der Waals surface area (Å²) >= 11 is 12.0. The molecule has 0 aliphatic rings. The summed E-state index contributed by atoms with van der Waals surface area (Å²) in [6, 6.07) is -0.660. The van der Waals surface area contributed by atoms with Gasteiger partial charge in [0.2, 0.25) is 5.91 Å². The van der Waals surface area contributed by atoms with Gasteiger partial charge in [0.05, 0.1) is 10.6 Å². The smallest absolute Gasteiger partial charge is 0.312 e. The van der Waals surface area contributed by atoms with Crippen LogP contribution in [0.2, 0.25) is 10.2 Å². The average molecular weight is 403 g/mol. The predicted octanol–water partition coefficient (Wildman–Crippen LogP) is 2.99. The lowest BCUT2D eigenvalue weighted by molar-refractivity contribution is -0.386. The number of rotatable bonds is 7. The van der Waals surface area contributed by atoms with Crippen LogP contribution in [-0.2, 0) is 11.3 Å². The van der Waals surface area contributed by atoms with Gasteiger partial charge < -0.3 is 5.32 Å². The highest BCUT2D eigenvalue weighted by atomic mass is 35.5. The lowest BCUT2D eigenvalue weighted by Gasteiger charge is -2.14. The van der Waals surface area contributed by atoms with Crippen molar-refractivity contribution in [2.45, 2.75) is 46.7 Å². The molecule has 0 aliphatic heterocycles. The molecule has 1 amide bonds. The summed E-state index contributed by atoms with van der Waals surface area (Å²) in [5.41, 5.74) is 1.22. The van der Waals surface area contributed by atoms with Crippen molar-refractivity contribution in [1.29, 1.82) is 0 Å². The van der Waals surface area contributed by atoms with Crippen LogP contribution in [0.5, 0.6) is 0 Å². The van der Waals surface area contributed by atoms with E-state index in [0.717, 1.165) is 0 Å². The number of amides is 1. The van der Waals surface area contributed by atoms with Crippen LogP contribution in [-0.4, -0.2) is 36.9 Å². The minimum Gasteiger partial charge on any atom is -0.354 e. The van der Waals surface area contributed by atoms with Crippen molar-refractivity contribution in [2.75, 3.05) is 6.54 Å². The van der Waals surface area contributed by atoms with Crippen LogP contribution in [0.25, 0.3) is 0 Å². The Morgan fingerprint density at radius 2 is 1.92 bits per heavy atom. The maximum atomic E-state index is 12.3. The average Bonchev–Trinajstić information content (AvgIpc) is 3.01. The molecule has 0 bridgehead atoms. The summed E-state index contributed by atoms with van der Waals surface area (Å²) in [6.45, 7) is 7.44. The van der Waals surface area contributed by atoms with Crippen LogP contribution in [0.1, 0.15) is 36.5 Å². The molecule has 142 valence electrons. The van der Waals surface area contributed by atoms with E-state index < -0.39 is 11.0 Å². The van der Waals surface area contributed by atoms with E-state index in [1.807, 2.05) is 0 Å². The first kappa shape index (κ1) is 20.2. The number of hydrogen-bond acceptors (Lipinski definition) is 5. The lowest BCUT2D eigenvalue weighted by Crippen LogP contribution is -2.33. The molecule has 0 saturated carbocycles. The van der Waals surface area contributed by atoms with Gasteiger partial charge in [0, 0.05) is 13.1 Å². The Labute approximate surface area is 160 Å². The third kappa shape index (κ3) is 3.99. The number of halogens is 2. The predicted molar refractivity (Wildman–Crippen MR) is 97.7 cm³/mol. The highest BCUT2D eigenvalue weighted by molar-refractivity contribution is 6.41. The fraction of sp³-hybridized carbons (Fsp3) is 0.533. The van der Waals surface area contributed by atoms with Gasteiger partial charge >= 0.3 is 5.69 Å². The summed E-state index contributed by atoms with van der Waals surface area (Å²) in [7, 11) is 0. The Hall–Kier alpha value is -2.13. The van der Waals surface area contributed by atoms with Crippen LogP contribution in [0, 0.1) is 30.9 Å². The molecule has 0 aliphatic carbocycles. The number of nitro groups is 1. The normalized spacial score (nSPS) is 12.2. The van der Waals surface area contributed by atoms with Crippen molar-refractivity contribution in [3.05, 3.63) is 37.4 Å². The van der Waals surface area contributed by atoms with Gasteiger partial charge in [-0.1, -0.05) is 23.2 Å². The molecule has 2 heterocycles. The molecule has 1 atom stereocenters. The van der Waals surface area contributed by atoms with Crippen molar-refractivity contribution in [3.63, 3.8) is 0 Å². The van der Waals surface area contributed by atoms with Crippen LogP contribution < -0.4 is 5.32 Å². The number of nitrogens with zero attached hydrogens (tertiary/aromatic N) is 5. The monoisotopic (exact) mass is 402 g/mol. The van der Waals surface area contributed by atoms with E-state index in [1.54, 1.807) is 32.4 Å². The topological polar surface area (TPSA) is 108 Å². The minimum absolute atomic E-state index is 0.0646. The Morgan fingerprint density at radius 1 is 1.27 bits per heavy atom. The van der Waals surface area contributed by atoms with Gasteiger partial charge in [-0.2, -0.15) is 10.2 Å². The molecule has 9 nitrogen and oxygen atoms in total. The third-order valence-electron chi connectivity index (χ3n) is 4.06. The molecular weight excluding hydrogens is 383 g/mol. The SMILES string of the molecule is Cc1nn(CCCNC(=O)C(C)n2nc(C)c([N+](=O)[O-])c2C)c(Cl)c1Cl. The molecule has 0 fully saturated rings. The Kier molecular flexibility index (Phi) is 6.25. The first-order valence-electron chi connectivity index (χ1n) is 8.01. The van der Waals surface area contributed by atoms with Gasteiger partial charge in [-0.3, -0.25) is 24.3 Å². The summed E-state index contributed by atoms with van der Waals surface area (Å²) < 4.78 is 2.95. The van der Waals surface area contributed by atoms with Crippen molar-refractivity contribution in [2.24, 2.45) is 0 Å². The second-order valence-electron chi connectivity index (χ2n) is 5.96. The van der Waals surface area contributed by atoms with Crippen molar-refractivity contribution >= 4 is 34.8 Å². The third-order valence-corrected chi connectivity index (χ3v) is 4.99. The number of aromatic nitrogens is 4. The van der Waals surface area contributed by atoms with Crippen molar-refractivity contribution < 1.29 is 9.72 Å². The van der Waals surface area contributed by atoms with Crippen molar-refractivity contribution in [3.8, 4) is 0 Å². The van der Waals surface area contributed by atoms with Gasteiger partial charge in [-0.25, -0.2) is 0 Å². The highest BCUT2D eigenvalue weighted by Crippen LogP contribution is 2.25. The van der Waals surface area contributed by atoms with Crippen molar-refractivity contribution in [1.82, 2.24) is 24.9 Å². The zero-order valence-electron chi connectivity index (χ0n) is 14.9. The summed E-state index contributed by atoms with van der Waals surface area (Å²) in [5, 5.41) is 23.0. The van der Waals surface area contributed by atoms with Gasteiger partial charge in [0.1, 0.15) is 27.6 Å². The second-order valence-corrected chi connectivity index (χ2v) is 6.69. The molecule has 0 aromatic carbocycles. The number of nitrogens with one attached hydrogen (secondary N) is 1. The summed E-state index contributed by atoms with van der Waals surface area (Å²) in [4.78, 5) is 22.9. The molecule has 1 unspecified atom stereocenters. The molecule has 2 rings (SSSR count). The number of hydrogen-bond donors (Lipinski definition) is 1.